The van der Waals surface area contributed by atoms with E-state index >= 15 is 0 Å². The van der Waals surface area contributed by atoms with Gasteiger partial charge in [-0.05, 0) is 18.6 Å². The summed E-state index contributed by atoms with van der Waals surface area (Å²) in [6.45, 7) is 2.12. The van der Waals surface area contributed by atoms with E-state index in [-0.39, 0.29) is 0 Å². The van der Waals surface area contributed by atoms with Crippen LogP contribution in [0.25, 0.3) is 10.2 Å². The first kappa shape index (κ1) is 11.7. The molecule has 0 aliphatic rings. The lowest BCUT2D eigenvalue weighted by atomic mass is 10.3. The number of para-hydroxylation sites is 1. The molecule has 86 valence electrons. The molecule has 0 unspecified atom stereocenters. The van der Waals surface area contributed by atoms with E-state index in [0.717, 1.165) is 29.1 Å². The molecule has 1 heterocycles. The van der Waals surface area contributed by atoms with Crippen LogP contribution in [0.1, 0.15) is 24.8 Å². The molecule has 2 rings (SSSR count). The third-order valence-electron chi connectivity index (χ3n) is 2.35. The summed E-state index contributed by atoms with van der Waals surface area (Å²) in [6, 6.07) is 8.06. The first-order chi connectivity index (χ1) is 7.79. The Labute approximate surface area is 102 Å². The van der Waals surface area contributed by atoms with Gasteiger partial charge in [-0.15, -0.1) is 11.3 Å². The molecule has 0 aliphatic heterocycles. The summed E-state index contributed by atoms with van der Waals surface area (Å²) in [6.07, 6.45) is 2.14. The minimum absolute atomic E-state index is 0.610. The van der Waals surface area contributed by atoms with Crippen molar-refractivity contribution in [3.8, 4) is 0 Å². The van der Waals surface area contributed by atoms with Gasteiger partial charge in [-0.2, -0.15) is 0 Å². The van der Waals surface area contributed by atoms with Gasteiger partial charge in [0.15, 0.2) is 0 Å². The standard InChI is InChI=1S/C12H15NOS2/c1-2-3-8-16(14)9-12-13-10-6-4-5-7-11(10)15-12/h4-7H,2-3,8-9H2,1H3/t16-/m0/s1. The van der Waals surface area contributed by atoms with E-state index in [1.54, 1.807) is 11.3 Å². The van der Waals surface area contributed by atoms with Gasteiger partial charge in [0.1, 0.15) is 5.01 Å². The van der Waals surface area contributed by atoms with Gasteiger partial charge >= 0.3 is 0 Å². The van der Waals surface area contributed by atoms with Crippen molar-refractivity contribution in [1.82, 2.24) is 4.98 Å². The van der Waals surface area contributed by atoms with Gasteiger partial charge in [0.05, 0.1) is 16.0 Å². The highest BCUT2D eigenvalue weighted by molar-refractivity contribution is 7.84. The molecule has 4 heteroatoms. The van der Waals surface area contributed by atoms with Gasteiger partial charge in [-0.25, -0.2) is 4.98 Å². The highest BCUT2D eigenvalue weighted by Crippen LogP contribution is 2.22. The SMILES string of the molecule is CCCC[S@](=O)Cc1nc2ccccc2s1. The molecule has 2 nitrogen and oxygen atoms in total. The van der Waals surface area contributed by atoms with E-state index in [4.69, 9.17) is 0 Å². The minimum atomic E-state index is -0.750. The van der Waals surface area contributed by atoms with Crippen molar-refractivity contribution in [2.45, 2.75) is 25.5 Å². The molecule has 2 aromatic rings. The maximum Gasteiger partial charge on any atom is 0.106 e. The Morgan fingerprint density at radius 2 is 2.19 bits per heavy atom. The second-order valence-corrected chi connectivity index (χ2v) is 6.41. The Balaban J connectivity index is 2.07. The molecule has 0 spiro atoms. The Bertz CT molecular complexity index is 459. The topological polar surface area (TPSA) is 30.0 Å². The summed E-state index contributed by atoms with van der Waals surface area (Å²) in [5.41, 5.74) is 1.02. The number of hydrogen-bond donors (Lipinski definition) is 0. The molecule has 16 heavy (non-hydrogen) atoms. The summed E-state index contributed by atoms with van der Waals surface area (Å²) in [4.78, 5) is 4.49. The van der Waals surface area contributed by atoms with Crippen LogP contribution in [0.15, 0.2) is 24.3 Å². The molecule has 0 saturated carbocycles. The van der Waals surface area contributed by atoms with Crippen molar-refractivity contribution in [3.63, 3.8) is 0 Å². The number of aromatic nitrogens is 1. The summed E-state index contributed by atoms with van der Waals surface area (Å²) in [5.74, 6) is 1.41. The highest BCUT2D eigenvalue weighted by Gasteiger charge is 2.06. The quantitative estimate of drug-likeness (QED) is 0.818. The largest absolute Gasteiger partial charge is 0.259 e. The molecule has 0 amide bonds. The lowest BCUT2D eigenvalue weighted by Gasteiger charge is -1.96. The van der Waals surface area contributed by atoms with Crippen LogP contribution < -0.4 is 0 Å². The van der Waals surface area contributed by atoms with Crippen LogP contribution in [-0.4, -0.2) is 14.9 Å². The minimum Gasteiger partial charge on any atom is -0.259 e. The van der Waals surface area contributed by atoms with Crippen LogP contribution in [0.5, 0.6) is 0 Å². The molecule has 1 atom stereocenters. The zero-order valence-electron chi connectivity index (χ0n) is 9.31. The van der Waals surface area contributed by atoms with Crippen LogP contribution in [0.2, 0.25) is 0 Å². The van der Waals surface area contributed by atoms with Crippen LogP contribution >= 0.6 is 11.3 Å². The first-order valence-corrected chi connectivity index (χ1v) is 7.79. The van der Waals surface area contributed by atoms with E-state index in [1.807, 2.05) is 18.2 Å². The monoisotopic (exact) mass is 253 g/mol. The predicted molar refractivity (Wildman–Crippen MR) is 71.2 cm³/mol. The number of thiazole rings is 1. The fraction of sp³-hybridized carbons (Fsp3) is 0.417. The van der Waals surface area contributed by atoms with Crippen molar-refractivity contribution >= 4 is 32.4 Å². The average molecular weight is 253 g/mol. The Kier molecular flexibility index (Phi) is 4.07. The van der Waals surface area contributed by atoms with Crippen LogP contribution in [0.3, 0.4) is 0 Å². The van der Waals surface area contributed by atoms with Crippen molar-refractivity contribution in [3.05, 3.63) is 29.3 Å². The zero-order valence-corrected chi connectivity index (χ0v) is 10.9. The fourth-order valence-electron chi connectivity index (χ4n) is 1.50. The number of nitrogens with zero attached hydrogens (tertiary/aromatic N) is 1. The zero-order chi connectivity index (χ0) is 11.4. The normalized spacial score (nSPS) is 13.1. The van der Waals surface area contributed by atoms with Crippen molar-refractivity contribution in [2.24, 2.45) is 0 Å². The van der Waals surface area contributed by atoms with Crippen LogP contribution in [-0.2, 0) is 16.6 Å². The predicted octanol–water partition coefficient (Wildman–Crippen LogP) is 3.35. The average Bonchev–Trinajstić information content (AvgIpc) is 2.68. The summed E-state index contributed by atoms with van der Waals surface area (Å²) < 4.78 is 12.9. The summed E-state index contributed by atoms with van der Waals surface area (Å²) in [7, 11) is -0.750. The lowest BCUT2D eigenvalue weighted by Crippen LogP contribution is -2.00. The maximum absolute atomic E-state index is 11.7. The molecule has 1 aromatic heterocycles. The first-order valence-electron chi connectivity index (χ1n) is 5.49. The van der Waals surface area contributed by atoms with Crippen molar-refractivity contribution in [2.75, 3.05) is 5.75 Å². The van der Waals surface area contributed by atoms with E-state index in [0.29, 0.717) is 5.75 Å². The number of fused-ring (bicyclic) bond motifs is 1. The Morgan fingerprint density at radius 1 is 1.38 bits per heavy atom. The van der Waals surface area contributed by atoms with E-state index < -0.39 is 10.8 Å². The van der Waals surface area contributed by atoms with Gasteiger partial charge in [0, 0.05) is 16.6 Å². The van der Waals surface area contributed by atoms with Crippen LogP contribution in [0, 0.1) is 0 Å². The summed E-state index contributed by atoms with van der Waals surface area (Å²) >= 11 is 1.65. The van der Waals surface area contributed by atoms with Gasteiger partial charge in [0.25, 0.3) is 0 Å². The molecular weight excluding hydrogens is 238 g/mol. The van der Waals surface area contributed by atoms with Crippen molar-refractivity contribution in [1.29, 1.82) is 0 Å². The van der Waals surface area contributed by atoms with E-state index in [9.17, 15) is 4.21 Å². The molecule has 0 radical (unpaired) electrons. The Morgan fingerprint density at radius 3 is 2.94 bits per heavy atom. The molecule has 1 aromatic carbocycles. The van der Waals surface area contributed by atoms with E-state index in [1.165, 1.54) is 4.70 Å². The lowest BCUT2D eigenvalue weighted by molar-refractivity contribution is 0.679. The maximum atomic E-state index is 11.7. The third-order valence-corrected chi connectivity index (χ3v) is 4.91. The molecule has 0 N–H and O–H groups in total. The molecule has 0 fully saturated rings. The molecule has 0 aliphatic carbocycles. The second kappa shape index (κ2) is 5.55. The molecule has 0 saturated heterocycles. The fourth-order valence-corrected chi connectivity index (χ4v) is 3.98. The second-order valence-electron chi connectivity index (χ2n) is 3.72. The molecule has 0 bridgehead atoms. The Hall–Kier alpha value is -0.740. The third kappa shape index (κ3) is 2.89. The summed E-state index contributed by atoms with van der Waals surface area (Å²) in [5, 5.41) is 0.996. The van der Waals surface area contributed by atoms with Crippen LogP contribution in [0.4, 0.5) is 0 Å². The van der Waals surface area contributed by atoms with Gasteiger partial charge in [0.2, 0.25) is 0 Å². The van der Waals surface area contributed by atoms with Crippen molar-refractivity contribution < 1.29 is 4.21 Å². The highest BCUT2D eigenvalue weighted by atomic mass is 32.2. The molecular formula is C12H15NOS2. The number of benzene rings is 1. The van der Waals surface area contributed by atoms with E-state index in [2.05, 4.69) is 18.0 Å². The number of unbranched alkanes of at least 4 members (excludes halogenated alkanes) is 1. The number of hydrogen-bond acceptors (Lipinski definition) is 3. The number of rotatable bonds is 5. The van der Waals surface area contributed by atoms with Gasteiger partial charge in [-0.3, -0.25) is 4.21 Å². The van der Waals surface area contributed by atoms with Gasteiger partial charge < -0.3 is 0 Å². The smallest absolute Gasteiger partial charge is 0.106 e. The van der Waals surface area contributed by atoms with Gasteiger partial charge in [-0.1, -0.05) is 25.5 Å².